The molecule has 3 aromatic carbocycles. The van der Waals surface area contributed by atoms with E-state index in [9.17, 15) is 14.9 Å². The highest BCUT2D eigenvalue weighted by Gasteiger charge is 2.26. The molecule has 6 rings (SSSR count). The molecule has 0 bridgehead atoms. The van der Waals surface area contributed by atoms with Crippen LogP contribution in [-0.2, 0) is 6.42 Å². The number of benzene rings is 3. The second-order valence-electron chi connectivity index (χ2n) is 9.34. The number of hydrogen-bond acceptors (Lipinski definition) is 7. The smallest absolute Gasteiger partial charge is 0.269 e. The van der Waals surface area contributed by atoms with E-state index in [0.717, 1.165) is 28.1 Å². The third-order valence-corrected chi connectivity index (χ3v) is 6.85. The number of carbonyl (C=O) groups excluding carboxylic acids is 1. The highest BCUT2D eigenvalue weighted by Crippen LogP contribution is 2.28. The standard InChI is InChI=1S/C29H25N7O3/c37-29(22-11-13-24(14-12-22)36(38)39)34-17-15-33(16-18-34)27-25-20-30-35(23-9-5-2-6-10-23)28(25)32-26(31-27)19-21-7-3-1-4-8-21/h1-14,20H,15-19H2. The summed E-state index contributed by atoms with van der Waals surface area (Å²) in [5.74, 6) is 1.36. The normalized spacial score (nSPS) is 13.5. The zero-order chi connectivity index (χ0) is 26.8. The molecule has 1 aliphatic rings. The van der Waals surface area contributed by atoms with Gasteiger partial charge in [0.25, 0.3) is 11.6 Å². The molecule has 10 heteroatoms. The van der Waals surface area contributed by atoms with Crippen molar-refractivity contribution in [1.29, 1.82) is 0 Å². The van der Waals surface area contributed by atoms with Gasteiger partial charge in [-0.3, -0.25) is 14.9 Å². The van der Waals surface area contributed by atoms with E-state index in [1.54, 1.807) is 11.1 Å². The Morgan fingerprint density at radius 3 is 2.18 bits per heavy atom. The van der Waals surface area contributed by atoms with Crippen LogP contribution in [0.15, 0.2) is 91.1 Å². The first kappa shape index (κ1) is 24.2. The third-order valence-electron chi connectivity index (χ3n) is 6.85. The molecule has 0 atom stereocenters. The fourth-order valence-electron chi connectivity index (χ4n) is 4.82. The average Bonchev–Trinajstić information content (AvgIpc) is 3.41. The minimum atomic E-state index is -0.471. The Kier molecular flexibility index (Phi) is 6.42. The molecule has 0 spiro atoms. The Bertz CT molecular complexity index is 1630. The quantitative estimate of drug-likeness (QED) is 0.243. The molecule has 1 saturated heterocycles. The van der Waals surface area contributed by atoms with Gasteiger partial charge in [0.05, 0.1) is 22.2 Å². The summed E-state index contributed by atoms with van der Waals surface area (Å²) in [5, 5.41) is 16.4. The van der Waals surface area contributed by atoms with E-state index in [2.05, 4.69) is 22.1 Å². The van der Waals surface area contributed by atoms with Crippen molar-refractivity contribution in [3.63, 3.8) is 0 Å². The van der Waals surface area contributed by atoms with Crippen LogP contribution in [0.25, 0.3) is 16.7 Å². The molecule has 0 saturated carbocycles. The molecule has 0 radical (unpaired) electrons. The van der Waals surface area contributed by atoms with E-state index in [-0.39, 0.29) is 11.6 Å². The van der Waals surface area contributed by atoms with Gasteiger partial charge in [-0.05, 0) is 29.8 Å². The Morgan fingerprint density at radius 1 is 0.846 bits per heavy atom. The summed E-state index contributed by atoms with van der Waals surface area (Å²) < 4.78 is 1.84. The van der Waals surface area contributed by atoms with E-state index in [0.29, 0.717) is 44.0 Å². The lowest BCUT2D eigenvalue weighted by Gasteiger charge is -2.35. The van der Waals surface area contributed by atoms with Gasteiger partial charge >= 0.3 is 0 Å². The number of nitro groups is 1. The van der Waals surface area contributed by atoms with Crippen LogP contribution in [0.2, 0.25) is 0 Å². The average molecular weight is 520 g/mol. The van der Waals surface area contributed by atoms with Gasteiger partial charge < -0.3 is 9.80 Å². The lowest BCUT2D eigenvalue weighted by atomic mass is 10.1. The first-order valence-corrected chi connectivity index (χ1v) is 12.7. The monoisotopic (exact) mass is 519 g/mol. The number of aromatic nitrogens is 4. The lowest BCUT2D eigenvalue weighted by molar-refractivity contribution is -0.384. The number of anilines is 1. The van der Waals surface area contributed by atoms with Crippen LogP contribution in [0.4, 0.5) is 11.5 Å². The van der Waals surface area contributed by atoms with Crippen molar-refractivity contribution in [2.75, 3.05) is 31.1 Å². The number of nitro benzene ring substituents is 1. The van der Waals surface area contributed by atoms with Gasteiger partial charge in [0, 0.05) is 50.3 Å². The molecular formula is C29H25N7O3. The van der Waals surface area contributed by atoms with Crippen LogP contribution in [0.5, 0.6) is 0 Å². The number of fused-ring (bicyclic) bond motifs is 1. The van der Waals surface area contributed by atoms with Gasteiger partial charge in [-0.2, -0.15) is 5.10 Å². The van der Waals surface area contributed by atoms with Gasteiger partial charge in [0.1, 0.15) is 11.6 Å². The number of hydrogen-bond donors (Lipinski definition) is 0. The first-order valence-electron chi connectivity index (χ1n) is 12.7. The lowest BCUT2D eigenvalue weighted by Crippen LogP contribution is -2.49. The maximum atomic E-state index is 13.1. The van der Waals surface area contributed by atoms with E-state index >= 15 is 0 Å². The van der Waals surface area contributed by atoms with Crippen molar-refractivity contribution >= 4 is 28.4 Å². The highest BCUT2D eigenvalue weighted by molar-refractivity contribution is 5.95. The molecule has 0 unspecified atom stereocenters. The van der Waals surface area contributed by atoms with Crippen LogP contribution in [-0.4, -0.2) is 61.7 Å². The fourth-order valence-corrected chi connectivity index (χ4v) is 4.82. The highest BCUT2D eigenvalue weighted by atomic mass is 16.6. The first-order chi connectivity index (χ1) is 19.1. The van der Waals surface area contributed by atoms with Crippen molar-refractivity contribution in [3.05, 3.63) is 118 Å². The Morgan fingerprint density at radius 2 is 1.51 bits per heavy atom. The van der Waals surface area contributed by atoms with Crippen molar-refractivity contribution in [1.82, 2.24) is 24.6 Å². The molecule has 2 aromatic heterocycles. The number of amides is 1. The number of non-ortho nitro benzene ring substituents is 1. The summed E-state index contributed by atoms with van der Waals surface area (Å²) in [4.78, 5) is 37.4. The zero-order valence-electron chi connectivity index (χ0n) is 21.1. The van der Waals surface area contributed by atoms with Crippen molar-refractivity contribution in [2.45, 2.75) is 6.42 Å². The molecule has 10 nitrogen and oxygen atoms in total. The molecule has 1 amide bonds. The van der Waals surface area contributed by atoms with Gasteiger partial charge in [-0.1, -0.05) is 48.5 Å². The maximum Gasteiger partial charge on any atom is 0.269 e. The molecule has 3 heterocycles. The van der Waals surface area contributed by atoms with Crippen LogP contribution >= 0.6 is 0 Å². The van der Waals surface area contributed by atoms with Crippen molar-refractivity contribution < 1.29 is 9.72 Å². The summed E-state index contributed by atoms with van der Waals surface area (Å²) >= 11 is 0. The molecule has 39 heavy (non-hydrogen) atoms. The molecule has 0 N–H and O–H groups in total. The Labute approximate surface area is 224 Å². The predicted molar refractivity (Wildman–Crippen MR) is 147 cm³/mol. The molecule has 1 aliphatic heterocycles. The molecule has 1 fully saturated rings. The molecular weight excluding hydrogens is 494 g/mol. The van der Waals surface area contributed by atoms with Gasteiger partial charge in [-0.25, -0.2) is 14.6 Å². The summed E-state index contributed by atoms with van der Waals surface area (Å²) in [6.45, 7) is 2.18. The minimum Gasteiger partial charge on any atom is -0.352 e. The minimum absolute atomic E-state index is 0.0356. The number of nitrogens with zero attached hydrogens (tertiary/aromatic N) is 7. The number of carbonyl (C=O) groups is 1. The summed E-state index contributed by atoms with van der Waals surface area (Å²) in [7, 11) is 0. The van der Waals surface area contributed by atoms with Crippen LogP contribution in [0.1, 0.15) is 21.7 Å². The van der Waals surface area contributed by atoms with E-state index in [1.165, 1.54) is 24.3 Å². The van der Waals surface area contributed by atoms with Crippen molar-refractivity contribution in [2.24, 2.45) is 0 Å². The predicted octanol–water partition coefficient (Wildman–Crippen LogP) is 4.28. The summed E-state index contributed by atoms with van der Waals surface area (Å²) in [6.07, 6.45) is 2.39. The number of piperazine rings is 1. The second-order valence-corrected chi connectivity index (χ2v) is 9.34. The molecule has 5 aromatic rings. The Balaban J connectivity index is 1.28. The summed E-state index contributed by atoms with van der Waals surface area (Å²) in [6, 6.07) is 25.7. The SMILES string of the molecule is O=C(c1ccc([N+](=O)[O-])cc1)N1CCN(c2nc(Cc3ccccc3)nc3c2cnn3-c2ccccc2)CC1. The zero-order valence-corrected chi connectivity index (χ0v) is 21.1. The van der Waals surface area contributed by atoms with Crippen molar-refractivity contribution in [3.8, 4) is 5.69 Å². The number of rotatable bonds is 6. The second kappa shape index (κ2) is 10.3. The molecule has 0 aliphatic carbocycles. The van der Waals surface area contributed by atoms with Gasteiger partial charge in [0.15, 0.2) is 5.65 Å². The largest absolute Gasteiger partial charge is 0.352 e. The van der Waals surface area contributed by atoms with E-state index in [4.69, 9.17) is 9.97 Å². The Hall–Kier alpha value is -5.12. The van der Waals surface area contributed by atoms with E-state index in [1.807, 2.05) is 53.2 Å². The van der Waals surface area contributed by atoms with E-state index < -0.39 is 4.92 Å². The van der Waals surface area contributed by atoms with Gasteiger partial charge in [0.2, 0.25) is 0 Å². The van der Waals surface area contributed by atoms with Crippen LogP contribution in [0, 0.1) is 10.1 Å². The third kappa shape index (κ3) is 4.91. The maximum absolute atomic E-state index is 13.1. The fraction of sp³-hybridized carbons (Fsp3) is 0.172. The summed E-state index contributed by atoms with van der Waals surface area (Å²) in [5.41, 5.74) is 3.18. The van der Waals surface area contributed by atoms with Gasteiger partial charge in [-0.15, -0.1) is 0 Å². The molecule has 194 valence electrons. The van der Waals surface area contributed by atoms with Crippen LogP contribution < -0.4 is 4.90 Å². The topological polar surface area (TPSA) is 110 Å². The van der Waals surface area contributed by atoms with Crippen LogP contribution in [0.3, 0.4) is 0 Å². The number of para-hydroxylation sites is 1.